The zero-order valence-corrected chi connectivity index (χ0v) is 15.9. The minimum absolute atomic E-state index is 0.0553. The zero-order chi connectivity index (χ0) is 20.3. The number of carbonyl (C=O) groups excluding carboxylic acids is 2. The van der Waals surface area contributed by atoms with Crippen LogP contribution in [0, 0.1) is 10.1 Å². The predicted molar refractivity (Wildman–Crippen MR) is 107 cm³/mol. The standard InChI is InChI=1S/C19H14N2O5S2/c22-17-16(11-13-7-4-8-14(9-13)21(25)26)28-19(27)20(17)15(18(23)24)10-12-5-2-1-3-6-12/h1-9,11,15H,10H2,(H,23,24)/p-1/b16-11-/t15-/m1/s1. The number of benzene rings is 2. The lowest BCUT2D eigenvalue weighted by Gasteiger charge is -2.27. The molecule has 0 N–H and O–H groups in total. The van der Waals surface area contributed by atoms with E-state index in [0.29, 0.717) is 5.56 Å². The molecule has 0 bridgehead atoms. The van der Waals surface area contributed by atoms with Gasteiger partial charge in [0.1, 0.15) is 4.32 Å². The van der Waals surface area contributed by atoms with Crippen molar-refractivity contribution in [1.29, 1.82) is 0 Å². The Morgan fingerprint density at radius 1 is 1.21 bits per heavy atom. The molecule has 0 spiro atoms. The van der Waals surface area contributed by atoms with Gasteiger partial charge in [0.05, 0.1) is 21.8 Å². The lowest BCUT2D eigenvalue weighted by Crippen LogP contribution is -2.51. The van der Waals surface area contributed by atoms with Gasteiger partial charge in [0.15, 0.2) is 0 Å². The fraction of sp³-hybridized carbons (Fsp3) is 0.105. The van der Waals surface area contributed by atoms with E-state index in [1.54, 1.807) is 36.4 Å². The van der Waals surface area contributed by atoms with E-state index < -0.39 is 22.8 Å². The van der Waals surface area contributed by atoms with Crippen LogP contribution in [-0.4, -0.2) is 32.1 Å². The number of carboxylic acid groups (broad SMARTS) is 1. The molecule has 0 saturated carbocycles. The van der Waals surface area contributed by atoms with Crippen LogP contribution >= 0.6 is 24.0 Å². The van der Waals surface area contributed by atoms with Crippen LogP contribution in [0.1, 0.15) is 11.1 Å². The number of carboxylic acids is 1. The molecule has 9 heteroatoms. The minimum Gasteiger partial charge on any atom is -0.548 e. The normalized spacial score (nSPS) is 16.4. The van der Waals surface area contributed by atoms with Gasteiger partial charge in [-0.3, -0.25) is 19.8 Å². The summed E-state index contributed by atoms with van der Waals surface area (Å²) in [5, 5.41) is 22.6. The summed E-state index contributed by atoms with van der Waals surface area (Å²) in [6.45, 7) is 0. The van der Waals surface area contributed by atoms with Crippen LogP contribution in [0.15, 0.2) is 59.5 Å². The van der Waals surface area contributed by atoms with E-state index in [1.807, 2.05) is 0 Å². The van der Waals surface area contributed by atoms with Crippen LogP contribution in [0.4, 0.5) is 5.69 Å². The molecule has 0 unspecified atom stereocenters. The molecule has 1 aliphatic heterocycles. The Labute approximate surface area is 169 Å². The molecule has 1 fully saturated rings. The summed E-state index contributed by atoms with van der Waals surface area (Å²) in [5.74, 6) is -1.97. The first-order valence-electron chi connectivity index (χ1n) is 8.13. The number of hydrogen-bond acceptors (Lipinski definition) is 7. The molecule has 142 valence electrons. The molecule has 0 aliphatic carbocycles. The number of non-ortho nitro benzene ring substituents is 1. The summed E-state index contributed by atoms with van der Waals surface area (Å²) in [4.78, 5) is 36.1. The van der Waals surface area contributed by atoms with Gasteiger partial charge >= 0.3 is 0 Å². The first-order chi connectivity index (χ1) is 13.4. The second-order valence-corrected chi connectivity index (χ2v) is 7.60. The van der Waals surface area contributed by atoms with Crippen molar-refractivity contribution in [3.05, 3.63) is 80.7 Å². The summed E-state index contributed by atoms with van der Waals surface area (Å²) >= 11 is 6.17. The molecule has 1 amide bonds. The lowest BCUT2D eigenvalue weighted by atomic mass is 10.0. The molecular weight excluding hydrogens is 400 g/mol. The number of carbonyl (C=O) groups is 2. The molecule has 7 nitrogen and oxygen atoms in total. The van der Waals surface area contributed by atoms with Gasteiger partial charge in [-0.05, 0) is 23.6 Å². The van der Waals surface area contributed by atoms with E-state index in [1.165, 1.54) is 24.3 Å². The van der Waals surface area contributed by atoms with Gasteiger partial charge in [-0.2, -0.15) is 0 Å². The maximum atomic E-state index is 12.8. The van der Waals surface area contributed by atoms with Crippen LogP contribution in [0.3, 0.4) is 0 Å². The van der Waals surface area contributed by atoms with Crippen molar-refractivity contribution in [2.45, 2.75) is 12.5 Å². The van der Waals surface area contributed by atoms with Crippen molar-refractivity contribution in [3.63, 3.8) is 0 Å². The van der Waals surface area contributed by atoms with Gasteiger partial charge in [0.2, 0.25) is 0 Å². The van der Waals surface area contributed by atoms with Gasteiger partial charge in [-0.1, -0.05) is 66.4 Å². The highest BCUT2D eigenvalue weighted by Crippen LogP contribution is 2.35. The Balaban J connectivity index is 1.88. The second kappa shape index (κ2) is 8.32. The smallest absolute Gasteiger partial charge is 0.270 e. The van der Waals surface area contributed by atoms with Gasteiger partial charge in [0, 0.05) is 12.1 Å². The lowest BCUT2D eigenvalue weighted by molar-refractivity contribution is -0.384. The number of amides is 1. The van der Waals surface area contributed by atoms with E-state index in [4.69, 9.17) is 12.2 Å². The first-order valence-corrected chi connectivity index (χ1v) is 9.35. The van der Waals surface area contributed by atoms with Gasteiger partial charge in [0.25, 0.3) is 11.6 Å². The number of nitro groups is 1. The highest BCUT2D eigenvalue weighted by Gasteiger charge is 2.37. The summed E-state index contributed by atoms with van der Waals surface area (Å²) in [5.41, 5.74) is 1.07. The number of thiocarbonyl (C=S) groups is 1. The van der Waals surface area contributed by atoms with Crippen LogP contribution in [0.5, 0.6) is 0 Å². The summed E-state index contributed by atoms with van der Waals surface area (Å²) in [6, 6.07) is 13.4. The van der Waals surface area contributed by atoms with E-state index >= 15 is 0 Å². The zero-order valence-electron chi connectivity index (χ0n) is 14.3. The number of nitrogens with zero attached hydrogens (tertiary/aromatic N) is 2. The summed E-state index contributed by atoms with van der Waals surface area (Å²) in [7, 11) is 0. The van der Waals surface area contributed by atoms with Crippen molar-refractivity contribution in [3.8, 4) is 0 Å². The Kier molecular flexibility index (Phi) is 5.86. The monoisotopic (exact) mass is 413 g/mol. The van der Waals surface area contributed by atoms with Crippen molar-refractivity contribution < 1.29 is 19.6 Å². The first kappa shape index (κ1) is 19.7. The minimum atomic E-state index is -1.41. The molecule has 1 heterocycles. The second-order valence-electron chi connectivity index (χ2n) is 5.93. The Morgan fingerprint density at radius 3 is 2.57 bits per heavy atom. The third-order valence-corrected chi connectivity index (χ3v) is 5.39. The highest BCUT2D eigenvalue weighted by atomic mass is 32.2. The molecule has 0 aromatic heterocycles. The fourth-order valence-corrected chi connectivity index (χ4v) is 4.10. The average molecular weight is 413 g/mol. The van der Waals surface area contributed by atoms with Crippen molar-refractivity contribution in [2.24, 2.45) is 0 Å². The molecule has 2 aromatic rings. The fourth-order valence-electron chi connectivity index (χ4n) is 2.75. The van der Waals surface area contributed by atoms with Crippen LogP contribution in [-0.2, 0) is 16.0 Å². The Hall–Kier alpha value is -3.04. The molecule has 1 aliphatic rings. The summed E-state index contributed by atoms with van der Waals surface area (Å²) in [6.07, 6.45) is 1.51. The van der Waals surface area contributed by atoms with Gasteiger partial charge < -0.3 is 9.90 Å². The molecule has 1 atom stereocenters. The van der Waals surface area contributed by atoms with E-state index in [-0.39, 0.29) is 21.3 Å². The molecule has 28 heavy (non-hydrogen) atoms. The number of thioether (sulfide) groups is 1. The number of rotatable bonds is 6. The Morgan fingerprint density at radius 2 is 1.93 bits per heavy atom. The van der Waals surface area contributed by atoms with Crippen LogP contribution in [0.2, 0.25) is 0 Å². The summed E-state index contributed by atoms with van der Waals surface area (Å²) < 4.78 is 0.104. The SMILES string of the molecule is O=C([O-])[C@@H](Cc1ccccc1)N1C(=O)/C(=C/c2cccc([N+](=O)[O-])c2)SC1=S. The number of aliphatic carboxylic acids is 1. The quantitative estimate of drug-likeness (QED) is 0.309. The molecule has 1 saturated heterocycles. The third-order valence-electron chi connectivity index (χ3n) is 4.06. The maximum absolute atomic E-state index is 12.8. The van der Waals surface area contributed by atoms with Crippen LogP contribution in [0.25, 0.3) is 6.08 Å². The van der Waals surface area contributed by atoms with Crippen molar-refractivity contribution >= 4 is 51.9 Å². The van der Waals surface area contributed by atoms with E-state index in [9.17, 15) is 24.8 Å². The molecule has 3 rings (SSSR count). The largest absolute Gasteiger partial charge is 0.548 e. The Bertz CT molecular complexity index is 991. The van der Waals surface area contributed by atoms with E-state index in [2.05, 4.69) is 0 Å². The number of hydrogen-bond donors (Lipinski definition) is 0. The highest BCUT2D eigenvalue weighted by molar-refractivity contribution is 8.26. The maximum Gasteiger partial charge on any atom is 0.270 e. The van der Waals surface area contributed by atoms with Crippen molar-refractivity contribution in [2.75, 3.05) is 0 Å². The average Bonchev–Trinajstić information content (AvgIpc) is 2.94. The predicted octanol–water partition coefficient (Wildman–Crippen LogP) is 2.16. The molecule has 0 radical (unpaired) electrons. The number of nitro benzene ring substituents is 1. The molecule has 2 aromatic carbocycles. The van der Waals surface area contributed by atoms with E-state index in [0.717, 1.165) is 22.2 Å². The van der Waals surface area contributed by atoms with Gasteiger partial charge in [-0.15, -0.1) is 0 Å². The topological polar surface area (TPSA) is 104 Å². The van der Waals surface area contributed by atoms with Crippen molar-refractivity contribution in [1.82, 2.24) is 4.90 Å². The third kappa shape index (κ3) is 4.26. The van der Waals surface area contributed by atoms with Gasteiger partial charge in [-0.25, -0.2) is 0 Å². The molecular formula is C19H13N2O5S2-. The van der Waals surface area contributed by atoms with Crippen LogP contribution < -0.4 is 5.11 Å².